The second-order valence-electron chi connectivity index (χ2n) is 9.92. The van der Waals surface area contributed by atoms with Gasteiger partial charge in [-0.05, 0) is 68.6 Å². The third-order valence-corrected chi connectivity index (χ3v) is 7.92. The Morgan fingerprint density at radius 2 is 1.81 bits per heavy atom. The monoisotopic (exact) mass is 416 g/mol. The average Bonchev–Trinajstić information content (AvgIpc) is 3.30. The Morgan fingerprint density at radius 3 is 2.58 bits per heavy atom. The molecule has 3 aromatic rings. The van der Waals surface area contributed by atoms with Gasteiger partial charge in [0.1, 0.15) is 11.9 Å². The van der Waals surface area contributed by atoms with Gasteiger partial charge < -0.3 is 14.2 Å². The smallest absolute Gasteiger partial charge is 0.213 e. The molecule has 0 spiro atoms. The molecule has 3 aliphatic rings. The highest BCUT2D eigenvalue weighted by Gasteiger charge is 2.45. The standard InChI is InChI=1S/C26H32N4O/c1-18-28-22-9-2-3-10-23(22)30(18)24-13-20-16-29(15-19-7-6-8-19)17-21(20)14-25(24)31-26-11-4-5-12-27-26/h2-5,9-12,19-21,24-25H,6-8,13-17H2,1H3/t20-,21+,24-,25-/m0/s1. The molecule has 0 N–H and O–H groups in total. The van der Waals surface area contributed by atoms with E-state index in [1.165, 1.54) is 44.4 Å². The third-order valence-electron chi connectivity index (χ3n) is 7.92. The van der Waals surface area contributed by atoms with Crippen molar-refractivity contribution in [2.75, 3.05) is 19.6 Å². The molecule has 2 aromatic heterocycles. The van der Waals surface area contributed by atoms with Crippen molar-refractivity contribution in [1.82, 2.24) is 19.4 Å². The molecule has 2 saturated carbocycles. The van der Waals surface area contributed by atoms with E-state index in [4.69, 9.17) is 9.72 Å². The first-order valence-electron chi connectivity index (χ1n) is 12.0. The zero-order valence-corrected chi connectivity index (χ0v) is 18.4. The number of hydrogen-bond donors (Lipinski definition) is 0. The third kappa shape index (κ3) is 3.63. The second kappa shape index (κ2) is 7.94. The van der Waals surface area contributed by atoms with Crippen molar-refractivity contribution in [1.29, 1.82) is 0 Å². The van der Waals surface area contributed by atoms with Crippen LogP contribution in [0.3, 0.4) is 0 Å². The predicted molar refractivity (Wildman–Crippen MR) is 122 cm³/mol. The molecule has 6 rings (SSSR count). The number of para-hydroxylation sites is 2. The maximum atomic E-state index is 6.57. The molecule has 0 amide bonds. The molecule has 3 heterocycles. The van der Waals surface area contributed by atoms with Gasteiger partial charge in [0, 0.05) is 31.9 Å². The number of aromatic nitrogens is 3. The lowest BCUT2D eigenvalue weighted by Crippen LogP contribution is -2.40. The van der Waals surface area contributed by atoms with Crippen LogP contribution >= 0.6 is 0 Å². The molecule has 1 aliphatic heterocycles. The fraction of sp³-hybridized carbons (Fsp3) is 0.538. The van der Waals surface area contributed by atoms with Crippen molar-refractivity contribution >= 4 is 11.0 Å². The Balaban J connectivity index is 1.31. The first-order chi connectivity index (χ1) is 15.2. The Morgan fingerprint density at radius 1 is 1.00 bits per heavy atom. The number of rotatable bonds is 5. The van der Waals surface area contributed by atoms with Crippen molar-refractivity contribution in [3.05, 3.63) is 54.5 Å². The van der Waals surface area contributed by atoms with Crippen LogP contribution in [0.5, 0.6) is 5.88 Å². The molecule has 4 atom stereocenters. The number of aryl methyl sites for hydroxylation is 1. The Hall–Kier alpha value is -2.40. The summed E-state index contributed by atoms with van der Waals surface area (Å²) in [6.45, 7) is 5.93. The number of imidazole rings is 1. The van der Waals surface area contributed by atoms with Gasteiger partial charge in [-0.1, -0.05) is 24.6 Å². The van der Waals surface area contributed by atoms with Gasteiger partial charge in [0.25, 0.3) is 0 Å². The highest BCUT2D eigenvalue weighted by atomic mass is 16.5. The summed E-state index contributed by atoms with van der Waals surface area (Å²) in [4.78, 5) is 12.1. The summed E-state index contributed by atoms with van der Waals surface area (Å²) in [5, 5.41) is 0. The van der Waals surface area contributed by atoms with Crippen molar-refractivity contribution in [3.63, 3.8) is 0 Å². The minimum atomic E-state index is 0.121. The summed E-state index contributed by atoms with van der Waals surface area (Å²) in [6.07, 6.45) is 8.49. The first-order valence-corrected chi connectivity index (χ1v) is 12.0. The van der Waals surface area contributed by atoms with Gasteiger partial charge in [-0.15, -0.1) is 0 Å². The van der Waals surface area contributed by atoms with Gasteiger partial charge in [-0.25, -0.2) is 9.97 Å². The lowest BCUT2D eigenvalue weighted by Gasteiger charge is -2.39. The van der Waals surface area contributed by atoms with Gasteiger partial charge >= 0.3 is 0 Å². The number of fused-ring (bicyclic) bond motifs is 2. The van der Waals surface area contributed by atoms with Gasteiger partial charge in [-0.3, -0.25) is 0 Å². The number of pyridine rings is 1. The highest BCUT2D eigenvalue weighted by molar-refractivity contribution is 5.76. The largest absolute Gasteiger partial charge is 0.472 e. The Bertz CT molecular complexity index is 1040. The van der Waals surface area contributed by atoms with Crippen molar-refractivity contribution in [3.8, 4) is 5.88 Å². The zero-order valence-electron chi connectivity index (χ0n) is 18.4. The molecule has 1 aromatic carbocycles. The van der Waals surface area contributed by atoms with E-state index < -0.39 is 0 Å². The number of ether oxygens (including phenoxy) is 1. The fourth-order valence-electron chi connectivity index (χ4n) is 6.23. The van der Waals surface area contributed by atoms with Crippen LogP contribution in [0.25, 0.3) is 11.0 Å². The van der Waals surface area contributed by atoms with Crippen LogP contribution in [0.1, 0.15) is 44.0 Å². The van der Waals surface area contributed by atoms with Crippen LogP contribution in [0.15, 0.2) is 48.7 Å². The van der Waals surface area contributed by atoms with E-state index in [2.05, 4.69) is 45.6 Å². The SMILES string of the molecule is Cc1nc2ccccc2n1[C@H]1C[C@H]2CN(CC3CCC3)C[C@H]2C[C@@H]1Oc1ccccn1. The van der Waals surface area contributed by atoms with Crippen LogP contribution in [0.2, 0.25) is 0 Å². The minimum absolute atomic E-state index is 0.121. The fourth-order valence-corrected chi connectivity index (χ4v) is 6.23. The van der Waals surface area contributed by atoms with E-state index in [0.717, 1.165) is 47.8 Å². The molecule has 162 valence electrons. The van der Waals surface area contributed by atoms with Crippen LogP contribution in [0.4, 0.5) is 0 Å². The molecule has 0 unspecified atom stereocenters. The van der Waals surface area contributed by atoms with Gasteiger partial charge in [0.05, 0.1) is 17.1 Å². The molecule has 0 radical (unpaired) electrons. The number of likely N-dealkylation sites (tertiary alicyclic amines) is 1. The summed E-state index contributed by atoms with van der Waals surface area (Å²) in [5.74, 6) is 4.23. The van der Waals surface area contributed by atoms with Crippen LogP contribution in [-0.4, -0.2) is 45.2 Å². The lowest BCUT2D eigenvalue weighted by molar-refractivity contribution is 0.0522. The van der Waals surface area contributed by atoms with E-state index in [0.29, 0.717) is 6.04 Å². The quantitative estimate of drug-likeness (QED) is 0.595. The van der Waals surface area contributed by atoms with E-state index in [9.17, 15) is 0 Å². The topological polar surface area (TPSA) is 43.2 Å². The summed E-state index contributed by atoms with van der Waals surface area (Å²) in [5.41, 5.74) is 2.30. The number of nitrogens with zero attached hydrogens (tertiary/aromatic N) is 4. The molecule has 1 saturated heterocycles. The molecule has 2 aliphatic carbocycles. The summed E-state index contributed by atoms with van der Waals surface area (Å²) >= 11 is 0. The number of benzene rings is 1. The molecule has 5 nitrogen and oxygen atoms in total. The Kier molecular flexibility index (Phi) is 4.94. The molecular formula is C26H32N4O. The first kappa shape index (κ1) is 19.3. The highest BCUT2D eigenvalue weighted by Crippen LogP contribution is 2.44. The van der Waals surface area contributed by atoms with Gasteiger partial charge in [0.15, 0.2) is 0 Å². The van der Waals surface area contributed by atoms with E-state index in [1.807, 2.05) is 24.4 Å². The second-order valence-corrected chi connectivity index (χ2v) is 9.92. The molecule has 3 fully saturated rings. The molecular weight excluding hydrogens is 384 g/mol. The van der Waals surface area contributed by atoms with Crippen molar-refractivity contribution in [2.45, 2.75) is 51.2 Å². The maximum absolute atomic E-state index is 6.57. The Labute approximate surface area is 184 Å². The van der Waals surface area contributed by atoms with Crippen LogP contribution in [0, 0.1) is 24.7 Å². The normalized spacial score (nSPS) is 29.1. The minimum Gasteiger partial charge on any atom is -0.472 e. The maximum Gasteiger partial charge on any atom is 0.213 e. The molecule has 5 heteroatoms. The summed E-state index contributed by atoms with van der Waals surface area (Å²) in [6, 6.07) is 14.8. The average molecular weight is 417 g/mol. The van der Waals surface area contributed by atoms with Crippen molar-refractivity contribution in [2.24, 2.45) is 17.8 Å². The van der Waals surface area contributed by atoms with E-state index >= 15 is 0 Å². The molecule has 31 heavy (non-hydrogen) atoms. The van der Waals surface area contributed by atoms with Gasteiger partial charge in [-0.2, -0.15) is 0 Å². The van der Waals surface area contributed by atoms with Gasteiger partial charge in [0.2, 0.25) is 5.88 Å². The number of hydrogen-bond acceptors (Lipinski definition) is 4. The zero-order chi connectivity index (χ0) is 20.8. The lowest BCUT2D eigenvalue weighted by atomic mass is 9.77. The van der Waals surface area contributed by atoms with E-state index in [1.54, 1.807) is 0 Å². The van der Waals surface area contributed by atoms with Crippen LogP contribution < -0.4 is 4.74 Å². The van der Waals surface area contributed by atoms with Crippen molar-refractivity contribution < 1.29 is 4.74 Å². The van der Waals surface area contributed by atoms with Crippen LogP contribution in [-0.2, 0) is 0 Å². The summed E-state index contributed by atoms with van der Waals surface area (Å²) < 4.78 is 9.03. The van der Waals surface area contributed by atoms with E-state index in [-0.39, 0.29) is 6.10 Å². The molecule has 0 bridgehead atoms. The summed E-state index contributed by atoms with van der Waals surface area (Å²) in [7, 11) is 0. The predicted octanol–water partition coefficient (Wildman–Crippen LogP) is 4.87.